The van der Waals surface area contributed by atoms with Gasteiger partial charge >= 0.3 is 5.97 Å². The number of hydrogen-bond donors (Lipinski definition) is 2. The third kappa shape index (κ3) is 2.81. The maximum absolute atomic E-state index is 12.5. The van der Waals surface area contributed by atoms with Gasteiger partial charge in [-0.05, 0) is 37.5 Å². The second kappa shape index (κ2) is 5.83. The number of nitrogens with zero attached hydrogens (tertiary/aromatic N) is 3. The predicted octanol–water partition coefficient (Wildman–Crippen LogP) is 2.48. The van der Waals surface area contributed by atoms with Gasteiger partial charge in [0.15, 0.2) is 5.69 Å². The molecule has 2 aromatic rings. The molecule has 23 heavy (non-hydrogen) atoms. The summed E-state index contributed by atoms with van der Waals surface area (Å²) in [4.78, 5) is 23.3. The van der Waals surface area contributed by atoms with E-state index in [-0.39, 0.29) is 17.0 Å². The number of carboxylic acid groups (broad SMARTS) is 1. The van der Waals surface area contributed by atoms with Crippen LogP contribution in [0.15, 0.2) is 30.5 Å². The smallest absolute Gasteiger partial charge is 0.358 e. The predicted molar refractivity (Wildman–Crippen MR) is 83.5 cm³/mol. The fourth-order valence-corrected chi connectivity index (χ4v) is 2.82. The summed E-state index contributed by atoms with van der Waals surface area (Å²) in [5.74, 6) is -1.08. The molecule has 1 amide bonds. The van der Waals surface area contributed by atoms with Gasteiger partial charge in [-0.1, -0.05) is 24.6 Å². The average molecular weight is 314 g/mol. The Morgan fingerprint density at radius 3 is 2.74 bits per heavy atom. The number of aromatic carboxylic acids is 1. The van der Waals surface area contributed by atoms with Crippen molar-refractivity contribution in [3.05, 3.63) is 36.2 Å². The number of amides is 1. The maximum atomic E-state index is 12.5. The van der Waals surface area contributed by atoms with Crippen LogP contribution >= 0.6 is 0 Å². The standard InChI is InChI=1S/C16H18N4O3/c1-2-16(7-4-8-16)15(23)17-11-5-3-6-12(9-11)20-10-13(14(21)22)18-19-20/h3,5-6,9-10H,2,4,7-8H2,1H3,(H,17,23)(H,21,22). The van der Waals surface area contributed by atoms with E-state index >= 15 is 0 Å². The Balaban J connectivity index is 1.79. The molecule has 120 valence electrons. The second-order valence-corrected chi connectivity index (χ2v) is 5.85. The Morgan fingerprint density at radius 1 is 1.39 bits per heavy atom. The minimum absolute atomic E-state index is 0.0493. The molecule has 2 N–H and O–H groups in total. The van der Waals surface area contributed by atoms with E-state index in [1.54, 1.807) is 24.3 Å². The van der Waals surface area contributed by atoms with Crippen molar-refractivity contribution < 1.29 is 14.7 Å². The molecule has 1 aromatic carbocycles. The van der Waals surface area contributed by atoms with Gasteiger partial charge in [-0.3, -0.25) is 4.79 Å². The van der Waals surface area contributed by atoms with Crippen molar-refractivity contribution in [3.63, 3.8) is 0 Å². The number of aromatic nitrogens is 3. The number of anilines is 1. The van der Waals surface area contributed by atoms with Crippen LogP contribution < -0.4 is 5.32 Å². The molecule has 3 rings (SSSR count). The van der Waals surface area contributed by atoms with E-state index in [9.17, 15) is 9.59 Å². The summed E-state index contributed by atoms with van der Waals surface area (Å²) in [6.45, 7) is 2.04. The number of nitrogens with one attached hydrogen (secondary N) is 1. The van der Waals surface area contributed by atoms with Crippen LogP contribution in [-0.4, -0.2) is 32.0 Å². The van der Waals surface area contributed by atoms with Crippen LogP contribution in [-0.2, 0) is 4.79 Å². The van der Waals surface area contributed by atoms with Crippen molar-refractivity contribution in [1.29, 1.82) is 0 Å². The minimum atomic E-state index is -1.13. The average Bonchev–Trinajstić information content (AvgIpc) is 2.97. The first-order valence-corrected chi connectivity index (χ1v) is 7.62. The Labute approximate surface area is 133 Å². The van der Waals surface area contributed by atoms with Crippen LogP contribution in [0.4, 0.5) is 5.69 Å². The lowest BCUT2D eigenvalue weighted by Crippen LogP contribution is -2.41. The zero-order chi connectivity index (χ0) is 16.4. The first-order chi connectivity index (χ1) is 11.0. The molecular formula is C16H18N4O3. The Morgan fingerprint density at radius 2 is 2.17 bits per heavy atom. The highest BCUT2D eigenvalue weighted by Crippen LogP contribution is 2.44. The van der Waals surface area contributed by atoms with Crippen LogP contribution in [0.1, 0.15) is 43.1 Å². The monoisotopic (exact) mass is 314 g/mol. The Kier molecular flexibility index (Phi) is 3.85. The molecule has 1 saturated carbocycles. The summed E-state index contributed by atoms with van der Waals surface area (Å²) in [5.41, 5.74) is 0.945. The van der Waals surface area contributed by atoms with Crippen LogP contribution in [0, 0.1) is 5.41 Å². The van der Waals surface area contributed by atoms with Gasteiger partial charge in [0.05, 0.1) is 11.9 Å². The Bertz CT molecular complexity index is 744. The van der Waals surface area contributed by atoms with Crippen LogP contribution in [0.25, 0.3) is 5.69 Å². The highest BCUT2D eigenvalue weighted by molar-refractivity contribution is 5.96. The second-order valence-electron chi connectivity index (χ2n) is 5.85. The van der Waals surface area contributed by atoms with E-state index in [0.29, 0.717) is 11.4 Å². The van der Waals surface area contributed by atoms with E-state index in [0.717, 1.165) is 25.7 Å². The van der Waals surface area contributed by atoms with Crippen molar-refractivity contribution in [2.75, 3.05) is 5.32 Å². The molecule has 0 spiro atoms. The van der Waals surface area contributed by atoms with Crippen LogP contribution in [0.3, 0.4) is 0 Å². The number of carbonyl (C=O) groups excluding carboxylic acids is 1. The summed E-state index contributed by atoms with van der Waals surface area (Å²) >= 11 is 0. The number of carbonyl (C=O) groups is 2. The largest absolute Gasteiger partial charge is 0.476 e. The van der Waals surface area contributed by atoms with Gasteiger partial charge in [0.2, 0.25) is 5.91 Å². The molecule has 1 aliphatic carbocycles. The molecule has 7 nitrogen and oxygen atoms in total. The Hall–Kier alpha value is -2.70. The molecular weight excluding hydrogens is 296 g/mol. The van der Waals surface area contributed by atoms with Crippen molar-refractivity contribution in [2.24, 2.45) is 5.41 Å². The van der Waals surface area contributed by atoms with Crippen LogP contribution in [0.2, 0.25) is 0 Å². The number of carboxylic acids is 1. The molecule has 0 saturated heterocycles. The lowest BCUT2D eigenvalue weighted by atomic mass is 9.66. The van der Waals surface area contributed by atoms with E-state index in [4.69, 9.17) is 5.11 Å². The number of rotatable bonds is 5. The summed E-state index contributed by atoms with van der Waals surface area (Å²) in [6, 6.07) is 7.11. The minimum Gasteiger partial charge on any atom is -0.476 e. The zero-order valence-corrected chi connectivity index (χ0v) is 12.8. The number of benzene rings is 1. The van der Waals surface area contributed by atoms with Crippen LogP contribution in [0.5, 0.6) is 0 Å². The molecule has 1 aliphatic rings. The SMILES string of the molecule is CCC1(C(=O)Nc2cccc(-n3cc(C(=O)O)nn3)c2)CCC1. The molecule has 0 aliphatic heterocycles. The first kappa shape index (κ1) is 15.2. The molecule has 7 heteroatoms. The third-order valence-corrected chi connectivity index (χ3v) is 4.55. The lowest BCUT2D eigenvalue weighted by molar-refractivity contribution is -0.130. The highest BCUT2D eigenvalue weighted by atomic mass is 16.4. The van der Waals surface area contributed by atoms with Gasteiger partial charge in [0, 0.05) is 11.1 Å². The zero-order valence-electron chi connectivity index (χ0n) is 12.8. The van der Waals surface area contributed by atoms with E-state index in [1.807, 2.05) is 6.92 Å². The summed E-state index contributed by atoms with van der Waals surface area (Å²) in [5, 5.41) is 19.2. The molecule has 1 heterocycles. The first-order valence-electron chi connectivity index (χ1n) is 7.62. The third-order valence-electron chi connectivity index (χ3n) is 4.55. The van der Waals surface area contributed by atoms with E-state index in [1.165, 1.54) is 10.9 Å². The van der Waals surface area contributed by atoms with Gasteiger partial charge in [0.25, 0.3) is 0 Å². The maximum Gasteiger partial charge on any atom is 0.358 e. The molecule has 0 bridgehead atoms. The molecule has 1 aromatic heterocycles. The molecule has 1 fully saturated rings. The highest BCUT2D eigenvalue weighted by Gasteiger charge is 2.42. The van der Waals surface area contributed by atoms with Gasteiger partial charge in [0.1, 0.15) is 0 Å². The lowest BCUT2D eigenvalue weighted by Gasteiger charge is -2.39. The fourth-order valence-electron chi connectivity index (χ4n) is 2.82. The van der Waals surface area contributed by atoms with Gasteiger partial charge in [-0.2, -0.15) is 0 Å². The van der Waals surface area contributed by atoms with Gasteiger partial charge < -0.3 is 10.4 Å². The topological polar surface area (TPSA) is 97.1 Å². The van der Waals surface area contributed by atoms with Gasteiger partial charge in [-0.15, -0.1) is 5.10 Å². The molecule has 0 atom stereocenters. The van der Waals surface area contributed by atoms with Gasteiger partial charge in [-0.25, -0.2) is 9.48 Å². The van der Waals surface area contributed by atoms with Crippen molar-refractivity contribution in [2.45, 2.75) is 32.6 Å². The normalized spacial score (nSPS) is 15.7. The van der Waals surface area contributed by atoms with Crippen molar-refractivity contribution in [1.82, 2.24) is 15.0 Å². The molecule has 0 radical (unpaired) electrons. The quantitative estimate of drug-likeness (QED) is 0.883. The number of hydrogen-bond acceptors (Lipinski definition) is 4. The van der Waals surface area contributed by atoms with Crippen molar-refractivity contribution >= 4 is 17.6 Å². The molecule has 0 unspecified atom stereocenters. The summed E-state index contributed by atoms with van der Waals surface area (Å²) in [7, 11) is 0. The fraction of sp³-hybridized carbons (Fsp3) is 0.375. The van der Waals surface area contributed by atoms with E-state index in [2.05, 4.69) is 15.6 Å². The summed E-state index contributed by atoms with van der Waals surface area (Å²) in [6.07, 6.45) is 5.13. The van der Waals surface area contributed by atoms with Crippen molar-refractivity contribution in [3.8, 4) is 5.69 Å². The van der Waals surface area contributed by atoms with E-state index < -0.39 is 5.97 Å². The summed E-state index contributed by atoms with van der Waals surface area (Å²) < 4.78 is 1.37.